The molecule has 0 radical (unpaired) electrons. The number of benzene rings is 2. The van der Waals surface area contributed by atoms with Gasteiger partial charge in [-0.25, -0.2) is 4.79 Å². The predicted molar refractivity (Wildman–Crippen MR) is 145 cm³/mol. The summed E-state index contributed by atoms with van der Waals surface area (Å²) in [6.07, 6.45) is 4.85. The van der Waals surface area contributed by atoms with E-state index in [1.807, 2.05) is 60.7 Å². The average Bonchev–Trinajstić information content (AvgIpc) is 3.27. The molecule has 192 valence electrons. The smallest absolute Gasteiger partial charge is 0.326 e. The maximum Gasteiger partial charge on any atom is 0.326 e. The summed E-state index contributed by atoms with van der Waals surface area (Å²) >= 11 is 5.88. The van der Waals surface area contributed by atoms with Gasteiger partial charge in [0.15, 0.2) is 0 Å². The molecule has 0 aromatic heterocycles. The van der Waals surface area contributed by atoms with Crippen LogP contribution in [0.2, 0.25) is 0 Å². The summed E-state index contributed by atoms with van der Waals surface area (Å²) in [7, 11) is 0. The Morgan fingerprint density at radius 2 is 1.56 bits per heavy atom. The van der Waals surface area contributed by atoms with E-state index in [-0.39, 0.29) is 11.8 Å². The van der Waals surface area contributed by atoms with Gasteiger partial charge in [0.05, 0.1) is 11.4 Å². The Morgan fingerprint density at radius 1 is 1.00 bits per heavy atom. The molecule has 9 heteroatoms. The molecule has 1 heterocycles. The first-order chi connectivity index (χ1) is 17.4. The molecule has 2 atom stereocenters. The largest absolute Gasteiger partial charge is 0.480 e. The SMILES string of the molecule is CCN(C/C=C/C[C@H]1C[C@H](C(=O)O)NC1=O)c1ccc(N=Nc2ccc(N(CC)CCCl)cc2)cc1. The molecule has 0 saturated carbocycles. The van der Waals surface area contributed by atoms with Gasteiger partial charge < -0.3 is 20.2 Å². The van der Waals surface area contributed by atoms with Crippen molar-refractivity contribution in [3.05, 3.63) is 60.7 Å². The molecule has 1 saturated heterocycles. The third kappa shape index (κ3) is 7.55. The fourth-order valence-electron chi connectivity index (χ4n) is 4.13. The molecule has 1 fully saturated rings. The van der Waals surface area contributed by atoms with Crippen molar-refractivity contribution in [1.29, 1.82) is 0 Å². The summed E-state index contributed by atoms with van der Waals surface area (Å²) in [6.45, 7) is 7.41. The number of anilines is 2. The summed E-state index contributed by atoms with van der Waals surface area (Å²) in [5.41, 5.74) is 3.74. The number of alkyl halides is 1. The first-order valence-electron chi connectivity index (χ1n) is 12.3. The van der Waals surface area contributed by atoms with Crippen molar-refractivity contribution in [2.24, 2.45) is 16.1 Å². The van der Waals surface area contributed by atoms with Crippen LogP contribution in [0.5, 0.6) is 0 Å². The minimum Gasteiger partial charge on any atom is -0.480 e. The van der Waals surface area contributed by atoms with Gasteiger partial charge in [-0.3, -0.25) is 4.79 Å². The Labute approximate surface area is 217 Å². The van der Waals surface area contributed by atoms with Crippen molar-refractivity contribution in [3.63, 3.8) is 0 Å². The number of rotatable bonds is 13. The minimum absolute atomic E-state index is 0.186. The molecule has 1 aliphatic heterocycles. The molecule has 2 aromatic rings. The molecule has 8 nitrogen and oxygen atoms in total. The molecule has 36 heavy (non-hydrogen) atoms. The normalized spacial score (nSPS) is 17.6. The third-order valence-electron chi connectivity index (χ3n) is 6.25. The van der Waals surface area contributed by atoms with Gasteiger partial charge in [0, 0.05) is 49.4 Å². The Kier molecular flexibility index (Phi) is 10.3. The predicted octanol–water partition coefficient (Wildman–Crippen LogP) is 5.53. The Morgan fingerprint density at radius 3 is 2.03 bits per heavy atom. The Balaban J connectivity index is 1.52. The summed E-state index contributed by atoms with van der Waals surface area (Å²) in [5.74, 6) is -0.858. The highest BCUT2D eigenvalue weighted by atomic mass is 35.5. The van der Waals surface area contributed by atoms with Crippen LogP contribution in [0.3, 0.4) is 0 Å². The summed E-state index contributed by atoms with van der Waals surface area (Å²) in [6, 6.07) is 15.1. The lowest BCUT2D eigenvalue weighted by atomic mass is 10.0. The molecule has 0 bridgehead atoms. The number of likely N-dealkylation sites (N-methyl/N-ethyl adjacent to an activating group) is 1. The van der Waals surface area contributed by atoms with Crippen molar-refractivity contribution in [1.82, 2.24) is 5.32 Å². The van der Waals surface area contributed by atoms with Gasteiger partial charge in [-0.2, -0.15) is 10.2 Å². The molecule has 0 aliphatic carbocycles. The second-order valence-corrected chi connectivity index (χ2v) is 8.96. The van der Waals surface area contributed by atoms with E-state index in [9.17, 15) is 9.59 Å². The number of nitrogens with one attached hydrogen (secondary N) is 1. The Bertz CT molecular complexity index is 1060. The molecule has 2 aromatic carbocycles. The van der Waals surface area contributed by atoms with Crippen LogP contribution < -0.4 is 15.1 Å². The zero-order valence-electron chi connectivity index (χ0n) is 20.8. The van der Waals surface area contributed by atoms with Crippen LogP contribution in [-0.4, -0.2) is 55.1 Å². The lowest BCUT2D eigenvalue weighted by Gasteiger charge is -2.21. The zero-order valence-corrected chi connectivity index (χ0v) is 21.6. The number of carbonyl (C=O) groups excluding carboxylic acids is 1. The number of hydrogen-bond acceptors (Lipinski definition) is 6. The number of allylic oxidation sites excluding steroid dienone is 1. The van der Waals surface area contributed by atoms with Crippen LogP contribution in [0.15, 0.2) is 70.9 Å². The van der Waals surface area contributed by atoms with Crippen LogP contribution in [0, 0.1) is 5.92 Å². The molecule has 3 rings (SSSR count). The summed E-state index contributed by atoms with van der Waals surface area (Å²) in [5, 5.41) is 20.3. The first kappa shape index (κ1) is 27.2. The number of nitrogens with zero attached hydrogens (tertiary/aromatic N) is 4. The number of azo groups is 1. The van der Waals surface area contributed by atoms with Crippen molar-refractivity contribution < 1.29 is 14.7 Å². The third-order valence-corrected chi connectivity index (χ3v) is 6.42. The quantitative estimate of drug-likeness (QED) is 0.209. The van der Waals surface area contributed by atoms with E-state index < -0.39 is 12.0 Å². The van der Waals surface area contributed by atoms with Gasteiger partial charge in [-0.05, 0) is 75.2 Å². The van der Waals surface area contributed by atoms with Gasteiger partial charge in [0.2, 0.25) is 5.91 Å². The molecular weight excluding hydrogens is 478 g/mol. The van der Waals surface area contributed by atoms with Crippen molar-refractivity contribution >= 4 is 46.2 Å². The van der Waals surface area contributed by atoms with E-state index in [4.69, 9.17) is 16.7 Å². The maximum absolute atomic E-state index is 11.9. The standard InChI is InChI=1S/C27H34ClN5O3/c1-3-32(17-6-5-7-20-19-25(27(35)36)29-26(20)34)23-12-8-21(9-13-23)30-31-22-10-14-24(15-11-22)33(4-2)18-16-28/h5-6,8-15,20,25H,3-4,7,16-19H2,1-2H3,(H,29,34)(H,35,36)/b6-5+,31-30?/t20-,25+/m0/s1. The molecule has 2 N–H and O–H groups in total. The highest BCUT2D eigenvalue weighted by molar-refractivity contribution is 6.18. The molecule has 0 spiro atoms. The number of amides is 1. The number of carbonyl (C=O) groups is 2. The van der Waals surface area contributed by atoms with E-state index in [0.717, 1.165) is 42.4 Å². The van der Waals surface area contributed by atoms with Gasteiger partial charge in [-0.15, -0.1) is 11.6 Å². The Hall–Kier alpha value is -3.39. The highest BCUT2D eigenvalue weighted by Crippen LogP contribution is 2.25. The molecule has 1 aliphatic rings. The van der Waals surface area contributed by atoms with Crippen molar-refractivity contribution in [2.75, 3.05) is 41.9 Å². The summed E-state index contributed by atoms with van der Waals surface area (Å²) < 4.78 is 0. The van der Waals surface area contributed by atoms with Crippen molar-refractivity contribution in [2.45, 2.75) is 32.7 Å². The van der Waals surface area contributed by atoms with Crippen LogP contribution >= 0.6 is 11.6 Å². The monoisotopic (exact) mass is 511 g/mol. The van der Waals surface area contributed by atoms with E-state index in [1.165, 1.54) is 0 Å². The second kappa shape index (κ2) is 13.6. The molecule has 0 unspecified atom stereocenters. The zero-order chi connectivity index (χ0) is 25.9. The molecule has 1 amide bonds. The first-order valence-corrected chi connectivity index (χ1v) is 12.8. The fourth-order valence-corrected chi connectivity index (χ4v) is 4.34. The van der Waals surface area contributed by atoms with E-state index in [0.29, 0.717) is 25.3 Å². The number of carboxylic acid groups (broad SMARTS) is 1. The lowest BCUT2D eigenvalue weighted by molar-refractivity contribution is -0.140. The van der Waals surface area contributed by atoms with E-state index in [1.54, 1.807) is 0 Å². The second-order valence-electron chi connectivity index (χ2n) is 8.58. The number of carboxylic acids is 1. The lowest BCUT2D eigenvalue weighted by Crippen LogP contribution is -2.32. The van der Waals surface area contributed by atoms with Crippen LogP contribution in [0.1, 0.15) is 26.7 Å². The maximum atomic E-state index is 11.9. The van der Waals surface area contributed by atoms with Crippen LogP contribution in [0.4, 0.5) is 22.7 Å². The van der Waals surface area contributed by atoms with Crippen LogP contribution in [0.25, 0.3) is 0 Å². The fraction of sp³-hybridized carbons (Fsp3) is 0.407. The minimum atomic E-state index is -0.978. The van der Waals surface area contributed by atoms with Gasteiger partial charge in [0.1, 0.15) is 6.04 Å². The number of hydrogen-bond donors (Lipinski definition) is 2. The average molecular weight is 512 g/mol. The topological polar surface area (TPSA) is 97.6 Å². The van der Waals surface area contributed by atoms with E-state index >= 15 is 0 Å². The van der Waals surface area contributed by atoms with Gasteiger partial charge in [0.25, 0.3) is 0 Å². The number of aliphatic carboxylic acids is 1. The summed E-state index contributed by atoms with van der Waals surface area (Å²) in [4.78, 5) is 27.4. The van der Waals surface area contributed by atoms with E-state index in [2.05, 4.69) is 39.2 Å². The number of halogens is 1. The highest BCUT2D eigenvalue weighted by Gasteiger charge is 2.34. The van der Waals surface area contributed by atoms with Crippen LogP contribution in [-0.2, 0) is 9.59 Å². The van der Waals surface area contributed by atoms with Gasteiger partial charge in [-0.1, -0.05) is 12.2 Å². The van der Waals surface area contributed by atoms with Gasteiger partial charge >= 0.3 is 5.97 Å². The molecular formula is C27H34ClN5O3. The van der Waals surface area contributed by atoms with Crippen molar-refractivity contribution in [3.8, 4) is 0 Å².